The highest BCUT2D eigenvalue weighted by molar-refractivity contribution is 8.00. The first-order valence-electron chi connectivity index (χ1n) is 6.96. The lowest BCUT2D eigenvalue weighted by molar-refractivity contribution is 0.423. The molecule has 1 fully saturated rings. The van der Waals surface area contributed by atoms with Gasteiger partial charge in [0.2, 0.25) is 10.0 Å². The predicted octanol–water partition coefficient (Wildman–Crippen LogP) is 1.92. The summed E-state index contributed by atoms with van der Waals surface area (Å²) >= 11 is 1.83. The molecule has 6 heteroatoms. The standard InChI is InChI=1S/C14H22N2O2S2/c1-3-15-10-13-6-4-5-7-14(13)20(17,18)16-8-9-19-12(2)11-16/h4-7,12,15H,3,8-11H2,1-2H3. The first-order chi connectivity index (χ1) is 9.55. The molecule has 1 unspecified atom stereocenters. The first kappa shape index (κ1) is 15.8. The smallest absolute Gasteiger partial charge is 0.243 e. The maximum absolute atomic E-state index is 12.8. The van der Waals surface area contributed by atoms with Gasteiger partial charge in [-0.15, -0.1) is 0 Å². The summed E-state index contributed by atoms with van der Waals surface area (Å²) in [7, 11) is -3.38. The molecule has 0 saturated carbocycles. The molecule has 1 saturated heterocycles. The topological polar surface area (TPSA) is 49.4 Å². The Morgan fingerprint density at radius 2 is 2.15 bits per heavy atom. The van der Waals surface area contributed by atoms with Crippen molar-refractivity contribution in [3.05, 3.63) is 29.8 Å². The first-order valence-corrected chi connectivity index (χ1v) is 9.45. The third-order valence-corrected chi connectivity index (χ3v) is 6.46. The summed E-state index contributed by atoms with van der Waals surface area (Å²) in [5.41, 5.74) is 0.847. The molecule has 20 heavy (non-hydrogen) atoms. The monoisotopic (exact) mass is 314 g/mol. The van der Waals surface area contributed by atoms with E-state index in [0.717, 1.165) is 17.9 Å². The van der Waals surface area contributed by atoms with Gasteiger partial charge in [0.1, 0.15) is 0 Å². The number of thioether (sulfide) groups is 1. The Morgan fingerprint density at radius 1 is 1.40 bits per heavy atom. The lowest BCUT2D eigenvalue weighted by atomic mass is 10.2. The van der Waals surface area contributed by atoms with Crippen LogP contribution < -0.4 is 5.32 Å². The number of hydrogen-bond acceptors (Lipinski definition) is 4. The van der Waals surface area contributed by atoms with Crippen molar-refractivity contribution in [2.24, 2.45) is 0 Å². The zero-order chi connectivity index (χ0) is 14.6. The minimum Gasteiger partial charge on any atom is -0.313 e. The third kappa shape index (κ3) is 3.55. The minimum absolute atomic E-state index is 0.361. The van der Waals surface area contributed by atoms with Gasteiger partial charge < -0.3 is 5.32 Å². The molecule has 0 aliphatic carbocycles. The molecule has 0 aromatic heterocycles. The van der Waals surface area contributed by atoms with Crippen LogP contribution in [0, 0.1) is 0 Å². The van der Waals surface area contributed by atoms with E-state index in [1.165, 1.54) is 0 Å². The highest BCUT2D eigenvalue weighted by Gasteiger charge is 2.30. The maximum Gasteiger partial charge on any atom is 0.243 e. The summed E-state index contributed by atoms with van der Waals surface area (Å²) in [5.74, 6) is 0.871. The van der Waals surface area contributed by atoms with Gasteiger partial charge in [0.25, 0.3) is 0 Å². The highest BCUT2D eigenvalue weighted by atomic mass is 32.2. The number of nitrogens with one attached hydrogen (secondary N) is 1. The zero-order valence-corrected chi connectivity index (χ0v) is 13.6. The summed E-state index contributed by atoms with van der Waals surface area (Å²) in [6.07, 6.45) is 0. The van der Waals surface area contributed by atoms with Crippen LogP contribution in [0.15, 0.2) is 29.2 Å². The van der Waals surface area contributed by atoms with Gasteiger partial charge in [0.15, 0.2) is 0 Å². The van der Waals surface area contributed by atoms with E-state index in [2.05, 4.69) is 12.2 Å². The van der Waals surface area contributed by atoms with E-state index in [4.69, 9.17) is 0 Å². The quantitative estimate of drug-likeness (QED) is 0.902. The fraction of sp³-hybridized carbons (Fsp3) is 0.571. The van der Waals surface area contributed by atoms with Crippen molar-refractivity contribution in [3.8, 4) is 0 Å². The molecule has 0 bridgehead atoms. The van der Waals surface area contributed by atoms with E-state index in [0.29, 0.717) is 29.8 Å². The van der Waals surface area contributed by atoms with Crippen molar-refractivity contribution in [1.82, 2.24) is 9.62 Å². The van der Waals surface area contributed by atoms with Crippen molar-refractivity contribution < 1.29 is 8.42 Å². The van der Waals surface area contributed by atoms with Gasteiger partial charge in [-0.2, -0.15) is 16.1 Å². The van der Waals surface area contributed by atoms with Crippen LogP contribution in [0.3, 0.4) is 0 Å². The second-order valence-electron chi connectivity index (χ2n) is 4.93. The molecule has 1 aliphatic rings. The van der Waals surface area contributed by atoms with Gasteiger partial charge in [-0.05, 0) is 18.2 Å². The lowest BCUT2D eigenvalue weighted by Gasteiger charge is -2.30. The fourth-order valence-electron chi connectivity index (χ4n) is 2.31. The van der Waals surface area contributed by atoms with E-state index >= 15 is 0 Å². The number of sulfonamides is 1. The third-order valence-electron chi connectivity index (χ3n) is 3.36. The number of benzene rings is 1. The van der Waals surface area contributed by atoms with E-state index < -0.39 is 10.0 Å². The maximum atomic E-state index is 12.8. The van der Waals surface area contributed by atoms with Crippen molar-refractivity contribution >= 4 is 21.8 Å². The van der Waals surface area contributed by atoms with E-state index in [9.17, 15) is 8.42 Å². The molecule has 1 heterocycles. The molecule has 0 amide bonds. The Hall–Kier alpha value is -0.560. The second-order valence-corrected chi connectivity index (χ2v) is 8.39. The van der Waals surface area contributed by atoms with Crippen LogP contribution in [0.25, 0.3) is 0 Å². The molecule has 1 N–H and O–H groups in total. The van der Waals surface area contributed by atoms with Crippen molar-refractivity contribution in [2.45, 2.75) is 30.5 Å². The Labute approximate surface area is 126 Å². The van der Waals surface area contributed by atoms with Gasteiger partial charge >= 0.3 is 0 Å². The van der Waals surface area contributed by atoms with Gasteiger partial charge in [0, 0.05) is 30.6 Å². The molecule has 112 valence electrons. The average Bonchev–Trinajstić information content (AvgIpc) is 2.45. The van der Waals surface area contributed by atoms with Crippen molar-refractivity contribution in [1.29, 1.82) is 0 Å². The fourth-order valence-corrected chi connectivity index (χ4v) is 5.28. The predicted molar refractivity (Wildman–Crippen MR) is 84.5 cm³/mol. The molecule has 1 aromatic rings. The highest BCUT2D eigenvalue weighted by Crippen LogP contribution is 2.26. The molecule has 4 nitrogen and oxygen atoms in total. The molecule has 1 aromatic carbocycles. The molecular weight excluding hydrogens is 292 g/mol. The van der Waals surface area contributed by atoms with Crippen LogP contribution in [0.4, 0.5) is 0 Å². The average molecular weight is 314 g/mol. The van der Waals surface area contributed by atoms with Crippen LogP contribution in [0.5, 0.6) is 0 Å². The van der Waals surface area contributed by atoms with Crippen molar-refractivity contribution in [3.63, 3.8) is 0 Å². The summed E-state index contributed by atoms with van der Waals surface area (Å²) in [6, 6.07) is 7.29. The van der Waals surface area contributed by atoms with Crippen LogP contribution >= 0.6 is 11.8 Å². The van der Waals surface area contributed by atoms with Gasteiger partial charge in [-0.3, -0.25) is 0 Å². The number of hydrogen-bond donors (Lipinski definition) is 1. The Morgan fingerprint density at radius 3 is 2.85 bits per heavy atom. The van der Waals surface area contributed by atoms with Crippen molar-refractivity contribution in [2.75, 3.05) is 25.4 Å². The normalized spacial score (nSPS) is 21.0. The van der Waals surface area contributed by atoms with Crippen LogP contribution in [0.2, 0.25) is 0 Å². The van der Waals surface area contributed by atoms with Gasteiger partial charge in [0.05, 0.1) is 4.90 Å². The van der Waals surface area contributed by atoms with Crippen LogP contribution in [-0.2, 0) is 16.6 Å². The van der Waals surface area contributed by atoms with Crippen LogP contribution in [-0.4, -0.2) is 43.4 Å². The zero-order valence-electron chi connectivity index (χ0n) is 12.0. The number of rotatable bonds is 5. The number of nitrogens with zero attached hydrogens (tertiary/aromatic N) is 1. The Kier molecular flexibility index (Phi) is 5.49. The largest absolute Gasteiger partial charge is 0.313 e. The Bertz CT molecular complexity index is 546. The van der Waals surface area contributed by atoms with Gasteiger partial charge in [-0.25, -0.2) is 8.42 Å². The molecule has 1 aliphatic heterocycles. The molecule has 0 radical (unpaired) electrons. The summed E-state index contributed by atoms with van der Waals surface area (Å²) in [6.45, 7) is 6.71. The summed E-state index contributed by atoms with van der Waals surface area (Å²) in [5, 5.41) is 3.56. The lowest BCUT2D eigenvalue weighted by Crippen LogP contribution is -2.41. The molecular formula is C14H22N2O2S2. The SMILES string of the molecule is CCNCc1ccccc1S(=O)(=O)N1CCSC(C)C1. The molecule has 1 atom stereocenters. The van der Waals surface area contributed by atoms with E-state index in [-0.39, 0.29) is 0 Å². The summed E-state index contributed by atoms with van der Waals surface area (Å²) in [4.78, 5) is 0.444. The van der Waals surface area contributed by atoms with E-state index in [1.54, 1.807) is 16.4 Å². The van der Waals surface area contributed by atoms with Crippen LogP contribution in [0.1, 0.15) is 19.4 Å². The minimum atomic E-state index is -3.38. The summed E-state index contributed by atoms with van der Waals surface area (Å²) < 4.78 is 27.2. The van der Waals surface area contributed by atoms with Gasteiger partial charge in [-0.1, -0.05) is 32.0 Å². The Balaban J connectivity index is 2.29. The second kappa shape index (κ2) is 6.93. The van der Waals surface area contributed by atoms with E-state index in [1.807, 2.05) is 30.8 Å². The molecule has 0 spiro atoms. The molecule has 2 rings (SSSR count).